The molecule has 0 fully saturated rings. The molecular weight excluding hydrogens is 414 g/mol. The van der Waals surface area contributed by atoms with Crippen LogP contribution in [0.1, 0.15) is 12.4 Å². The lowest BCUT2D eigenvalue weighted by molar-refractivity contribution is 1.17. The Hall–Kier alpha value is -4.81. The van der Waals surface area contributed by atoms with E-state index in [0.717, 1.165) is 27.5 Å². The van der Waals surface area contributed by atoms with Crippen LogP contribution in [0.2, 0.25) is 0 Å². The quantitative estimate of drug-likeness (QED) is 0.301. The van der Waals surface area contributed by atoms with Crippen LogP contribution in [0, 0.1) is 11.3 Å². The number of aromatic nitrogens is 1. The van der Waals surface area contributed by atoms with E-state index in [0.29, 0.717) is 22.5 Å². The van der Waals surface area contributed by atoms with Crippen LogP contribution in [-0.2, 0) is 0 Å². The maximum absolute atomic E-state index is 10.3. The molecule has 34 heavy (non-hydrogen) atoms. The summed E-state index contributed by atoms with van der Waals surface area (Å²) in [4.78, 5) is 0. The molecule has 3 nitrogen and oxygen atoms in total. The molecule has 0 saturated heterocycles. The van der Waals surface area contributed by atoms with E-state index in [-0.39, 0.29) is 29.7 Å². The normalized spacial score (nSPS) is 13.0. The van der Waals surface area contributed by atoms with Gasteiger partial charge in [0.2, 0.25) is 0 Å². The molecule has 0 saturated carbocycles. The van der Waals surface area contributed by atoms with E-state index >= 15 is 0 Å². The van der Waals surface area contributed by atoms with E-state index in [4.69, 9.17) is 6.85 Å². The van der Waals surface area contributed by atoms with Crippen LogP contribution in [0.3, 0.4) is 0 Å². The topological polar surface area (TPSA) is 40.8 Å². The third-order valence-corrected chi connectivity index (χ3v) is 5.91. The summed E-state index contributed by atoms with van der Waals surface area (Å²) in [6, 6.07) is 29.5. The van der Waals surface area contributed by atoms with Crippen molar-refractivity contribution in [3.8, 4) is 22.9 Å². The zero-order valence-electron chi connectivity index (χ0n) is 23.1. The van der Waals surface area contributed by atoms with Crippen LogP contribution < -0.4 is 5.32 Å². The van der Waals surface area contributed by atoms with Crippen molar-refractivity contribution in [2.24, 2.45) is 0 Å². The molecule has 0 aliphatic carbocycles. The Morgan fingerprint density at radius 3 is 2.09 bits per heavy atom. The van der Waals surface area contributed by atoms with Crippen molar-refractivity contribution in [2.45, 2.75) is 0 Å². The molecule has 160 valence electrons. The predicted molar refractivity (Wildman–Crippen MR) is 141 cm³/mol. The maximum atomic E-state index is 10.3. The molecule has 5 aromatic carbocycles. The van der Waals surface area contributed by atoms with E-state index in [1.54, 1.807) is 18.2 Å². The van der Waals surface area contributed by atoms with Gasteiger partial charge in [0, 0.05) is 16.5 Å². The van der Waals surface area contributed by atoms with Gasteiger partial charge in [-0.2, -0.15) is 5.26 Å². The molecule has 1 N–H and O–H groups in total. The average molecular weight is 441 g/mol. The van der Waals surface area contributed by atoms with Gasteiger partial charge in [0.15, 0.2) is 0 Å². The van der Waals surface area contributed by atoms with Gasteiger partial charge < -0.3 is 9.88 Å². The highest BCUT2D eigenvalue weighted by molar-refractivity contribution is 6.09. The fourth-order valence-corrected chi connectivity index (χ4v) is 4.43. The molecule has 0 aliphatic heterocycles. The van der Waals surface area contributed by atoms with Gasteiger partial charge in [-0.05, 0) is 47.5 Å². The van der Waals surface area contributed by atoms with Gasteiger partial charge in [-0.15, -0.1) is 0 Å². The number of nitrogens with zero attached hydrogens (tertiary/aromatic N) is 2. The Morgan fingerprint density at radius 1 is 0.706 bits per heavy atom. The number of hydrogen-bond acceptors (Lipinski definition) is 2. The second-order valence-electron chi connectivity index (χ2n) is 7.89. The third-order valence-electron chi connectivity index (χ3n) is 5.91. The van der Waals surface area contributed by atoms with Gasteiger partial charge in [-0.25, -0.2) is 0 Å². The molecule has 0 unspecified atom stereocenters. The lowest BCUT2D eigenvalue weighted by Crippen LogP contribution is -2.01. The second kappa shape index (κ2) is 8.27. The van der Waals surface area contributed by atoms with Crippen molar-refractivity contribution in [1.82, 2.24) is 4.57 Å². The number of hydrogen-bond donors (Lipinski definition) is 1. The monoisotopic (exact) mass is 440 g/mol. The molecule has 0 atom stereocenters. The Balaban J connectivity index is 1.48. The van der Waals surface area contributed by atoms with Crippen LogP contribution in [0.4, 0.5) is 11.4 Å². The second-order valence-corrected chi connectivity index (χ2v) is 7.89. The fourth-order valence-electron chi connectivity index (χ4n) is 4.43. The van der Waals surface area contributed by atoms with Crippen LogP contribution >= 0.6 is 0 Å². The Morgan fingerprint density at radius 2 is 1.38 bits per heavy atom. The molecule has 1 heterocycles. The highest BCUT2D eigenvalue weighted by Crippen LogP contribution is 2.35. The minimum Gasteiger partial charge on any atom is -0.354 e. The fraction of sp³-hybridized carbons (Fsp3) is 0. The molecule has 0 amide bonds. The van der Waals surface area contributed by atoms with Crippen molar-refractivity contribution < 1.29 is 6.85 Å². The van der Waals surface area contributed by atoms with Crippen molar-refractivity contribution >= 4 is 33.2 Å². The first-order valence-corrected chi connectivity index (χ1v) is 10.9. The maximum Gasteiger partial charge on any atom is 0.104 e. The lowest BCUT2D eigenvalue weighted by Gasteiger charge is -2.15. The zero-order chi connectivity index (χ0) is 27.3. The standard InChI is InChI=1S/C31H21N3/c32-21-27-28(33-24-13-8-12-23(20-24)22-10-2-1-3-11-22)16-9-19-31(27)34-29-17-6-4-14-25(29)26-15-5-7-18-30(26)34/h1-20,33H/i1D,2D,3D,10D,11D. The van der Waals surface area contributed by atoms with Gasteiger partial charge >= 0.3 is 0 Å². The summed E-state index contributed by atoms with van der Waals surface area (Å²) < 4.78 is 42.7. The van der Waals surface area contributed by atoms with Crippen molar-refractivity contribution in [1.29, 1.82) is 5.26 Å². The number of rotatable bonds is 4. The summed E-state index contributed by atoms with van der Waals surface area (Å²) in [5.41, 5.74) is 5.01. The number of para-hydroxylation sites is 2. The molecule has 6 rings (SSSR count). The Kier molecular flexibility index (Phi) is 3.68. The Labute approximate surface area is 205 Å². The minimum absolute atomic E-state index is 0.129. The largest absolute Gasteiger partial charge is 0.354 e. The third kappa shape index (κ3) is 3.30. The van der Waals surface area contributed by atoms with E-state index in [1.807, 2.05) is 60.7 Å². The van der Waals surface area contributed by atoms with Gasteiger partial charge in [-0.1, -0.05) is 84.8 Å². The Bertz CT molecular complexity index is 1890. The van der Waals surface area contributed by atoms with Crippen LogP contribution in [-0.4, -0.2) is 4.57 Å². The molecule has 6 aromatic rings. The molecule has 1 aromatic heterocycles. The summed E-state index contributed by atoms with van der Waals surface area (Å²) in [7, 11) is 0. The minimum atomic E-state index is -0.427. The van der Waals surface area contributed by atoms with Crippen molar-refractivity contribution in [3.63, 3.8) is 0 Å². The molecular formula is C31H21N3. The number of anilines is 2. The van der Waals surface area contributed by atoms with Crippen molar-refractivity contribution in [3.05, 3.63) is 127 Å². The number of nitriles is 1. The summed E-state index contributed by atoms with van der Waals surface area (Å²) in [5, 5.41) is 15.8. The number of fused-ring (bicyclic) bond motifs is 3. The van der Waals surface area contributed by atoms with E-state index in [2.05, 4.69) is 28.1 Å². The van der Waals surface area contributed by atoms with Crippen LogP contribution in [0.15, 0.2) is 121 Å². The van der Waals surface area contributed by atoms with Crippen LogP contribution in [0.25, 0.3) is 38.6 Å². The van der Waals surface area contributed by atoms with Gasteiger partial charge in [-0.3, -0.25) is 0 Å². The molecule has 0 bridgehead atoms. The molecule has 0 aliphatic rings. The van der Waals surface area contributed by atoms with E-state index < -0.39 is 6.04 Å². The summed E-state index contributed by atoms with van der Waals surface area (Å²) in [5.74, 6) is 0. The smallest absolute Gasteiger partial charge is 0.104 e. The first kappa shape index (κ1) is 15.1. The first-order valence-electron chi connectivity index (χ1n) is 13.4. The number of benzene rings is 5. The molecule has 0 radical (unpaired) electrons. The highest BCUT2D eigenvalue weighted by Gasteiger charge is 2.16. The van der Waals surface area contributed by atoms with Crippen molar-refractivity contribution in [2.75, 3.05) is 5.32 Å². The summed E-state index contributed by atoms with van der Waals surface area (Å²) in [6.07, 6.45) is 0. The summed E-state index contributed by atoms with van der Waals surface area (Å²) in [6.45, 7) is 0. The molecule has 0 spiro atoms. The van der Waals surface area contributed by atoms with E-state index in [9.17, 15) is 5.26 Å². The number of nitrogens with one attached hydrogen (secondary N) is 1. The lowest BCUT2D eigenvalue weighted by atomic mass is 10.0. The first-order chi connectivity index (χ1) is 18.9. The van der Waals surface area contributed by atoms with Gasteiger partial charge in [0.25, 0.3) is 0 Å². The van der Waals surface area contributed by atoms with E-state index in [1.165, 1.54) is 0 Å². The molecule has 3 heteroatoms. The average Bonchev–Trinajstić information content (AvgIpc) is 3.29. The van der Waals surface area contributed by atoms with Crippen LogP contribution in [0.5, 0.6) is 0 Å². The summed E-state index contributed by atoms with van der Waals surface area (Å²) >= 11 is 0. The highest BCUT2D eigenvalue weighted by atomic mass is 15.0. The van der Waals surface area contributed by atoms with Gasteiger partial charge in [0.05, 0.1) is 34.8 Å². The van der Waals surface area contributed by atoms with Gasteiger partial charge in [0.1, 0.15) is 6.07 Å². The zero-order valence-corrected chi connectivity index (χ0v) is 18.1. The predicted octanol–water partition coefficient (Wildman–Crippen LogP) is 8.07. The SMILES string of the molecule is [2H]c1c([2H])c([2H])c(-c2cccc(Nc3cccc(-n4c5ccccc5c5ccccc54)c3C#N)c2)c([2H])c1[2H].